The van der Waals surface area contributed by atoms with E-state index in [1.165, 1.54) is 0 Å². The maximum atomic E-state index is 11.0. The Morgan fingerprint density at radius 2 is 1.87 bits per heavy atom. The van der Waals surface area contributed by atoms with Crippen molar-refractivity contribution >= 4 is 5.97 Å². The van der Waals surface area contributed by atoms with Crippen LogP contribution in [0.5, 0.6) is 0 Å². The van der Waals surface area contributed by atoms with Gasteiger partial charge in [-0.05, 0) is 19.9 Å². The van der Waals surface area contributed by atoms with Gasteiger partial charge in [-0.1, -0.05) is 20.8 Å². The van der Waals surface area contributed by atoms with Crippen molar-refractivity contribution in [3.63, 3.8) is 0 Å². The summed E-state index contributed by atoms with van der Waals surface area (Å²) in [7, 11) is 0. The number of H-pyrrole nitrogens is 1. The van der Waals surface area contributed by atoms with Gasteiger partial charge in [0.15, 0.2) is 0 Å². The minimum Gasteiger partial charge on any atom is -0.481 e. The average molecular weight is 210 g/mol. The highest BCUT2D eigenvalue weighted by Gasteiger charge is 2.32. The molecule has 15 heavy (non-hydrogen) atoms. The van der Waals surface area contributed by atoms with Crippen molar-refractivity contribution in [3.8, 4) is 0 Å². The summed E-state index contributed by atoms with van der Waals surface area (Å²) in [5, 5.41) is 16.0. The molecule has 0 radical (unpaired) electrons. The first-order chi connectivity index (χ1) is 6.65. The molecule has 0 atom stereocenters. The predicted octanol–water partition coefficient (Wildman–Crippen LogP) is 2.07. The van der Waals surface area contributed by atoms with E-state index in [9.17, 15) is 4.79 Å². The normalized spacial score (nSPS) is 12.9. The van der Waals surface area contributed by atoms with Gasteiger partial charge in [-0.3, -0.25) is 9.89 Å². The third kappa shape index (κ3) is 2.19. The third-order valence-corrected chi connectivity index (χ3v) is 2.55. The summed E-state index contributed by atoms with van der Waals surface area (Å²) in [5.41, 5.74) is 0.534. The highest BCUT2D eigenvalue weighted by atomic mass is 16.4. The van der Waals surface area contributed by atoms with Gasteiger partial charge >= 0.3 is 5.97 Å². The standard InChI is InChI=1S/C11H18N2O2/c1-10(2,3)7-6-8(13-12-7)11(4,5)9(14)15/h6H,1-5H3,(H,12,13)(H,14,15). The van der Waals surface area contributed by atoms with Crippen LogP contribution >= 0.6 is 0 Å². The van der Waals surface area contributed by atoms with Crippen molar-refractivity contribution in [2.24, 2.45) is 0 Å². The van der Waals surface area contributed by atoms with Crippen LogP contribution in [0.4, 0.5) is 0 Å². The van der Waals surface area contributed by atoms with Crippen molar-refractivity contribution < 1.29 is 9.90 Å². The van der Waals surface area contributed by atoms with Crippen LogP contribution in [0.15, 0.2) is 6.07 Å². The summed E-state index contributed by atoms with van der Waals surface area (Å²) in [6.45, 7) is 9.45. The van der Waals surface area contributed by atoms with Crippen LogP contribution in [0.2, 0.25) is 0 Å². The Kier molecular flexibility index (Phi) is 2.63. The third-order valence-electron chi connectivity index (χ3n) is 2.55. The van der Waals surface area contributed by atoms with Crippen molar-refractivity contribution in [1.82, 2.24) is 10.2 Å². The number of carbonyl (C=O) groups is 1. The summed E-state index contributed by atoms with van der Waals surface area (Å²) < 4.78 is 0. The van der Waals surface area contributed by atoms with Gasteiger partial charge in [0.05, 0.1) is 11.4 Å². The Morgan fingerprint density at radius 1 is 1.33 bits per heavy atom. The maximum Gasteiger partial charge on any atom is 0.315 e. The summed E-state index contributed by atoms with van der Waals surface area (Å²) >= 11 is 0. The first kappa shape index (κ1) is 11.8. The lowest BCUT2D eigenvalue weighted by Crippen LogP contribution is -2.28. The molecule has 0 aliphatic rings. The summed E-state index contributed by atoms with van der Waals surface area (Å²) in [5.74, 6) is -0.855. The molecule has 2 N–H and O–H groups in total. The SMILES string of the molecule is CC(C)(C)c1cc(C(C)(C)C(=O)O)[nH]n1. The highest BCUT2D eigenvalue weighted by molar-refractivity contribution is 5.79. The number of carboxylic acids is 1. The van der Waals surface area contributed by atoms with Crippen LogP contribution in [0.25, 0.3) is 0 Å². The van der Waals surface area contributed by atoms with Crippen molar-refractivity contribution in [3.05, 3.63) is 17.5 Å². The molecule has 1 rings (SSSR count). The monoisotopic (exact) mass is 210 g/mol. The first-order valence-electron chi connectivity index (χ1n) is 4.95. The van der Waals surface area contributed by atoms with E-state index in [-0.39, 0.29) is 5.41 Å². The molecule has 0 unspecified atom stereocenters. The molecule has 0 aliphatic carbocycles. The van der Waals surface area contributed by atoms with Crippen LogP contribution in [0.3, 0.4) is 0 Å². The molecule has 84 valence electrons. The largest absolute Gasteiger partial charge is 0.481 e. The van der Waals surface area contributed by atoms with Crippen LogP contribution in [0.1, 0.15) is 46.0 Å². The van der Waals surface area contributed by atoms with Gasteiger partial charge in [0, 0.05) is 5.41 Å². The lowest BCUT2D eigenvalue weighted by Gasteiger charge is -2.17. The Hall–Kier alpha value is -1.32. The van der Waals surface area contributed by atoms with E-state index in [1.807, 2.05) is 26.8 Å². The fourth-order valence-corrected chi connectivity index (χ4v) is 1.14. The minimum atomic E-state index is -0.920. The molecule has 4 nitrogen and oxygen atoms in total. The number of nitrogens with one attached hydrogen (secondary N) is 1. The Labute approximate surface area is 89.7 Å². The molecule has 0 saturated heterocycles. The van der Waals surface area contributed by atoms with E-state index >= 15 is 0 Å². The van der Waals surface area contributed by atoms with Crippen molar-refractivity contribution in [1.29, 1.82) is 0 Å². The molecular formula is C11H18N2O2. The number of hydrogen-bond acceptors (Lipinski definition) is 2. The van der Waals surface area contributed by atoms with Crippen LogP contribution in [-0.2, 0) is 15.6 Å². The van der Waals surface area contributed by atoms with Gasteiger partial charge in [-0.15, -0.1) is 0 Å². The summed E-state index contributed by atoms with van der Waals surface area (Å²) in [4.78, 5) is 11.0. The summed E-state index contributed by atoms with van der Waals surface area (Å²) in [6.07, 6.45) is 0. The second kappa shape index (κ2) is 3.36. The second-order valence-electron chi connectivity index (χ2n) is 5.35. The zero-order chi connectivity index (χ0) is 11.9. The lowest BCUT2D eigenvalue weighted by atomic mass is 9.86. The minimum absolute atomic E-state index is 0.0661. The molecule has 0 amide bonds. The molecule has 4 heteroatoms. The zero-order valence-corrected chi connectivity index (χ0v) is 9.88. The molecule has 1 aromatic heterocycles. The van der Waals surface area contributed by atoms with E-state index in [4.69, 9.17) is 5.11 Å². The molecule has 0 spiro atoms. The summed E-state index contributed by atoms with van der Waals surface area (Å²) in [6, 6.07) is 1.83. The molecule has 0 fully saturated rings. The lowest BCUT2D eigenvalue weighted by molar-refractivity contribution is -0.142. The molecule has 1 aromatic rings. The Balaban J connectivity index is 3.10. The fraction of sp³-hybridized carbons (Fsp3) is 0.636. The number of aliphatic carboxylic acids is 1. The molecule has 1 heterocycles. The molecule has 0 bridgehead atoms. The van der Waals surface area contributed by atoms with Crippen LogP contribution < -0.4 is 0 Å². The van der Waals surface area contributed by atoms with E-state index in [0.29, 0.717) is 5.69 Å². The topological polar surface area (TPSA) is 66.0 Å². The van der Waals surface area contributed by atoms with Gasteiger partial charge in [0.1, 0.15) is 5.41 Å². The molecular weight excluding hydrogens is 192 g/mol. The second-order valence-corrected chi connectivity index (χ2v) is 5.35. The van der Waals surface area contributed by atoms with E-state index < -0.39 is 11.4 Å². The van der Waals surface area contributed by atoms with Crippen LogP contribution in [0, 0.1) is 0 Å². The number of aromatic amines is 1. The van der Waals surface area contributed by atoms with Crippen molar-refractivity contribution in [2.45, 2.75) is 45.4 Å². The Bertz CT molecular complexity index is 372. The Morgan fingerprint density at radius 3 is 2.20 bits per heavy atom. The molecule has 0 aromatic carbocycles. The number of hydrogen-bond donors (Lipinski definition) is 2. The number of rotatable bonds is 2. The van der Waals surface area contributed by atoms with Gasteiger partial charge in [0.2, 0.25) is 0 Å². The maximum absolute atomic E-state index is 11.0. The van der Waals surface area contributed by atoms with Gasteiger partial charge in [-0.2, -0.15) is 5.10 Å². The number of aromatic nitrogens is 2. The molecule has 0 saturated carbocycles. The van der Waals surface area contributed by atoms with E-state index in [0.717, 1.165) is 5.69 Å². The predicted molar refractivity (Wildman–Crippen MR) is 57.9 cm³/mol. The quantitative estimate of drug-likeness (QED) is 0.785. The first-order valence-corrected chi connectivity index (χ1v) is 4.95. The number of nitrogens with zero attached hydrogens (tertiary/aromatic N) is 1. The average Bonchev–Trinajstić information content (AvgIpc) is 2.50. The molecule has 0 aliphatic heterocycles. The van der Waals surface area contributed by atoms with Gasteiger partial charge < -0.3 is 5.11 Å². The van der Waals surface area contributed by atoms with Crippen LogP contribution in [-0.4, -0.2) is 21.3 Å². The van der Waals surface area contributed by atoms with Crippen molar-refractivity contribution in [2.75, 3.05) is 0 Å². The zero-order valence-electron chi connectivity index (χ0n) is 9.88. The fourth-order valence-electron chi connectivity index (χ4n) is 1.14. The highest BCUT2D eigenvalue weighted by Crippen LogP contribution is 2.26. The smallest absolute Gasteiger partial charge is 0.315 e. The van der Waals surface area contributed by atoms with Gasteiger partial charge in [0.25, 0.3) is 0 Å². The number of carboxylic acid groups (broad SMARTS) is 1. The van der Waals surface area contributed by atoms with E-state index in [1.54, 1.807) is 13.8 Å². The van der Waals surface area contributed by atoms with E-state index in [2.05, 4.69) is 10.2 Å². The van der Waals surface area contributed by atoms with Gasteiger partial charge in [-0.25, -0.2) is 0 Å².